The quantitative estimate of drug-likeness (QED) is 0.180. The molecule has 1 N–H and O–H groups in total. The van der Waals surface area contributed by atoms with Gasteiger partial charge >= 0.3 is 6.09 Å². The summed E-state index contributed by atoms with van der Waals surface area (Å²) in [6.45, 7) is 12.3. The lowest BCUT2D eigenvalue weighted by atomic mass is 9.95. The highest BCUT2D eigenvalue weighted by molar-refractivity contribution is 7.90. The molecular formula is C32H39N3O4S. The molecule has 1 unspecified atom stereocenters. The summed E-state index contributed by atoms with van der Waals surface area (Å²) in [5.41, 5.74) is 3.66. The Labute approximate surface area is 240 Å². The van der Waals surface area contributed by atoms with Crippen LogP contribution in [-0.4, -0.2) is 37.4 Å². The smallest absolute Gasteiger partial charge is 0.435 e. The van der Waals surface area contributed by atoms with E-state index < -0.39 is 33.8 Å². The lowest BCUT2D eigenvalue weighted by molar-refractivity contribution is 0.0522. The van der Waals surface area contributed by atoms with Gasteiger partial charge in [0.15, 0.2) is 0 Å². The Bertz CT molecular complexity index is 1420. The van der Waals surface area contributed by atoms with Gasteiger partial charge in [-0.05, 0) is 70.7 Å². The van der Waals surface area contributed by atoms with Crippen LogP contribution in [0.1, 0.15) is 70.0 Å². The Kier molecular flexibility index (Phi) is 9.36. The Balaban J connectivity index is 1.72. The molecule has 8 heteroatoms. The molecule has 3 aromatic carbocycles. The van der Waals surface area contributed by atoms with Crippen molar-refractivity contribution in [2.45, 2.75) is 71.0 Å². The normalized spacial score (nSPS) is 13.8. The van der Waals surface area contributed by atoms with Crippen LogP contribution in [0.3, 0.4) is 0 Å². The predicted molar refractivity (Wildman–Crippen MR) is 160 cm³/mol. The molecule has 0 radical (unpaired) electrons. The molecule has 0 fully saturated rings. The van der Waals surface area contributed by atoms with Crippen LogP contribution in [0.5, 0.6) is 0 Å². The number of nitrogens with one attached hydrogen (secondary N) is 1. The van der Waals surface area contributed by atoms with Crippen molar-refractivity contribution in [2.24, 2.45) is 0 Å². The van der Waals surface area contributed by atoms with Gasteiger partial charge in [0.1, 0.15) is 16.4 Å². The molecule has 4 aromatic rings. The van der Waals surface area contributed by atoms with Crippen LogP contribution in [-0.2, 0) is 33.9 Å². The van der Waals surface area contributed by atoms with Gasteiger partial charge in [-0.15, -0.1) is 4.72 Å². The Morgan fingerprint density at radius 3 is 2.30 bits per heavy atom. The monoisotopic (exact) mass is 561 g/mol. The number of para-hydroxylation sites is 1. The first-order valence-corrected chi connectivity index (χ1v) is 14.7. The molecule has 212 valence electrons. The fourth-order valence-electron chi connectivity index (χ4n) is 4.29. The highest BCUT2D eigenvalue weighted by Crippen LogP contribution is 2.33. The molecule has 40 heavy (non-hydrogen) atoms. The maximum atomic E-state index is 13.5. The maximum Gasteiger partial charge on any atom is 0.435 e. The lowest BCUT2D eigenvalue weighted by Crippen LogP contribution is -2.42. The summed E-state index contributed by atoms with van der Waals surface area (Å²) in [6.07, 6.45) is 0.0989. The molecule has 0 aliphatic rings. The Morgan fingerprint density at radius 1 is 0.950 bits per heavy atom. The van der Waals surface area contributed by atoms with E-state index >= 15 is 0 Å². The highest BCUT2D eigenvalue weighted by Gasteiger charge is 2.34. The van der Waals surface area contributed by atoms with Crippen molar-refractivity contribution in [2.75, 3.05) is 6.61 Å². The molecule has 0 aliphatic heterocycles. The summed E-state index contributed by atoms with van der Waals surface area (Å²) in [4.78, 5) is 13.2. The number of aromatic nitrogens is 2. The summed E-state index contributed by atoms with van der Waals surface area (Å²) < 4.78 is 29.2. The van der Waals surface area contributed by atoms with E-state index in [2.05, 4.69) is 10.8 Å². The van der Waals surface area contributed by atoms with Gasteiger partial charge in [-0.25, -0.2) is 4.79 Å². The third-order valence-corrected chi connectivity index (χ3v) is 7.79. The van der Waals surface area contributed by atoms with Crippen molar-refractivity contribution < 1.29 is 18.8 Å². The third kappa shape index (κ3) is 7.52. The minimum absolute atomic E-state index is 0.518. The number of benzene rings is 3. The first-order chi connectivity index (χ1) is 18.9. The number of nitrogens with zero attached hydrogens (tertiary/aromatic N) is 2. The van der Waals surface area contributed by atoms with Crippen molar-refractivity contribution in [3.05, 3.63) is 101 Å². The molecular weight excluding hydrogens is 522 g/mol. The average Bonchev–Trinajstić information content (AvgIpc) is 3.29. The topological polar surface area (TPSA) is 88.4 Å². The van der Waals surface area contributed by atoms with Gasteiger partial charge in [-0.3, -0.25) is 0 Å². The fraction of sp³-hybridized carbons (Fsp3) is 0.375. The van der Waals surface area contributed by atoms with E-state index in [-0.39, 0.29) is 0 Å². The van der Waals surface area contributed by atoms with Crippen LogP contribution in [0.2, 0.25) is 0 Å². The van der Waals surface area contributed by atoms with Crippen LogP contribution in [0.25, 0.3) is 10.9 Å². The number of hydrogen-bond donors (Lipinski definition) is 1. The Morgan fingerprint density at radius 2 is 1.60 bits per heavy atom. The van der Waals surface area contributed by atoms with Crippen LogP contribution in [0.4, 0.5) is 4.79 Å². The summed E-state index contributed by atoms with van der Waals surface area (Å²) >= 11 is -1.42. The number of ether oxygens (including phenoxy) is 2. The van der Waals surface area contributed by atoms with Crippen molar-refractivity contribution >= 4 is 28.4 Å². The maximum absolute atomic E-state index is 13.5. The summed E-state index contributed by atoms with van der Waals surface area (Å²) in [6, 6.07) is 25.1. The number of carbonyl (C=O) groups excluding carboxylic acids is 1. The van der Waals surface area contributed by atoms with Gasteiger partial charge in [-0.1, -0.05) is 72.8 Å². The van der Waals surface area contributed by atoms with Crippen molar-refractivity contribution in [1.29, 1.82) is 0 Å². The second kappa shape index (κ2) is 12.6. The van der Waals surface area contributed by atoms with Crippen LogP contribution >= 0.6 is 0 Å². The molecule has 0 spiro atoms. The van der Waals surface area contributed by atoms with Gasteiger partial charge in [0, 0.05) is 16.7 Å². The first kappa shape index (κ1) is 29.8. The Hall–Kier alpha value is -3.17. The van der Waals surface area contributed by atoms with E-state index in [0.717, 1.165) is 22.1 Å². The minimum atomic E-state index is -1.42. The fourth-order valence-corrected chi connectivity index (χ4v) is 5.09. The molecule has 7 nitrogen and oxygen atoms in total. The van der Waals surface area contributed by atoms with Crippen LogP contribution in [0, 0.1) is 0 Å². The zero-order chi connectivity index (χ0) is 28.9. The molecule has 2 atom stereocenters. The van der Waals surface area contributed by atoms with E-state index in [0.29, 0.717) is 30.8 Å². The molecule has 1 heterocycles. The van der Waals surface area contributed by atoms with E-state index in [1.165, 1.54) is 4.68 Å². The minimum Gasteiger partial charge on any atom is -0.598 e. The second-order valence-electron chi connectivity index (χ2n) is 11.7. The zero-order valence-electron chi connectivity index (χ0n) is 24.1. The van der Waals surface area contributed by atoms with Crippen molar-refractivity contribution in [1.82, 2.24) is 14.5 Å². The number of hydrogen-bond acceptors (Lipinski definition) is 6. The van der Waals surface area contributed by atoms with Gasteiger partial charge in [0.25, 0.3) is 0 Å². The zero-order valence-corrected chi connectivity index (χ0v) is 25.0. The summed E-state index contributed by atoms with van der Waals surface area (Å²) in [5.74, 6) is 0. The van der Waals surface area contributed by atoms with Crippen molar-refractivity contribution in [3.63, 3.8) is 0 Å². The van der Waals surface area contributed by atoms with Gasteiger partial charge in [-0.2, -0.15) is 9.78 Å². The second-order valence-corrected chi connectivity index (χ2v) is 13.7. The number of fused-ring (bicyclic) bond motifs is 1. The van der Waals surface area contributed by atoms with E-state index in [9.17, 15) is 9.35 Å². The number of carbonyl (C=O) groups is 1. The lowest BCUT2D eigenvalue weighted by Gasteiger charge is -2.28. The number of rotatable bonds is 9. The van der Waals surface area contributed by atoms with Gasteiger partial charge < -0.3 is 14.0 Å². The van der Waals surface area contributed by atoms with E-state index in [1.54, 1.807) is 0 Å². The molecule has 1 aromatic heterocycles. The molecule has 0 saturated heterocycles. The van der Waals surface area contributed by atoms with Crippen molar-refractivity contribution in [3.8, 4) is 0 Å². The molecule has 0 saturated carbocycles. The van der Waals surface area contributed by atoms with Gasteiger partial charge in [0.2, 0.25) is 0 Å². The third-order valence-electron chi connectivity index (χ3n) is 6.23. The standard InChI is InChI=1S/C32H39N3O4S/c1-31(2,3)39-30(36)35-27-19-13-12-18-26(27)28(33-35)29(34-40(37)32(4,5)6)25-17-11-10-16-24(25)20-21-38-22-23-14-8-7-9-15-23/h7-19,29,34H,20-22H2,1-6H3/t29?,40-/m1/s1. The van der Waals surface area contributed by atoms with Crippen LogP contribution in [0.15, 0.2) is 78.9 Å². The highest BCUT2D eigenvalue weighted by atomic mass is 32.2. The summed E-state index contributed by atoms with van der Waals surface area (Å²) in [7, 11) is 0. The molecule has 4 rings (SSSR count). The molecule has 0 bridgehead atoms. The first-order valence-electron chi connectivity index (χ1n) is 13.5. The van der Waals surface area contributed by atoms with Crippen LogP contribution < -0.4 is 4.72 Å². The van der Waals surface area contributed by atoms with E-state index in [1.807, 2.05) is 114 Å². The van der Waals surface area contributed by atoms with E-state index in [4.69, 9.17) is 14.6 Å². The summed E-state index contributed by atoms with van der Waals surface area (Å²) in [5, 5.41) is 5.56. The SMILES string of the molecule is CC(C)(C)OC(=O)n1nc(C(N[S@+]([O-])C(C)(C)C)c2ccccc2CCOCc2ccccc2)c2ccccc21. The molecule has 0 aliphatic carbocycles. The average molecular weight is 562 g/mol. The van der Waals surface area contributed by atoms with Gasteiger partial charge in [0.05, 0.1) is 24.4 Å². The molecule has 0 amide bonds. The largest absolute Gasteiger partial charge is 0.598 e. The predicted octanol–water partition coefficient (Wildman–Crippen LogP) is 6.72.